The lowest BCUT2D eigenvalue weighted by Gasteiger charge is -2.33. The Labute approximate surface area is 426 Å². The van der Waals surface area contributed by atoms with Gasteiger partial charge in [-0.1, -0.05) is 69.2 Å². The van der Waals surface area contributed by atoms with Crippen LogP contribution in [0.2, 0.25) is 0 Å². The lowest BCUT2D eigenvalue weighted by atomic mass is 10.2. The number of carbonyl (C=O) groups excluding carboxylic acids is 4. The van der Waals surface area contributed by atoms with Crippen molar-refractivity contribution in [3.05, 3.63) is 0 Å². The second-order valence-corrected chi connectivity index (χ2v) is 17.6. The minimum absolute atomic E-state index is 0.189. The molecule has 0 spiro atoms. The monoisotopic (exact) mass is 993 g/mol. The van der Waals surface area contributed by atoms with Crippen molar-refractivity contribution in [3.8, 4) is 0 Å². The molecule has 0 aromatic carbocycles. The quantitative estimate of drug-likeness (QED) is 0.219. The maximum absolute atomic E-state index is 11.6. The van der Waals surface area contributed by atoms with Gasteiger partial charge < -0.3 is 70.4 Å². The highest BCUT2D eigenvalue weighted by molar-refractivity contribution is 5.73. The van der Waals surface area contributed by atoms with Crippen LogP contribution in [0.1, 0.15) is 125 Å². The molecule has 5 N–H and O–H groups in total. The van der Waals surface area contributed by atoms with Gasteiger partial charge in [-0.3, -0.25) is 9.59 Å². The third-order valence-electron chi connectivity index (χ3n) is 9.73. The van der Waals surface area contributed by atoms with E-state index >= 15 is 0 Å². The lowest BCUT2D eigenvalue weighted by molar-refractivity contribution is -0.130. The molecule has 0 saturated carbocycles. The van der Waals surface area contributed by atoms with Crippen LogP contribution in [-0.2, 0) is 19.1 Å². The van der Waals surface area contributed by atoms with Gasteiger partial charge in [-0.05, 0) is 62.7 Å². The van der Waals surface area contributed by atoms with Gasteiger partial charge in [-0.2, -0.15) is 0 Å². The van der Waals surface area contributed by atoms with Crippen molar-refractivity contribution in [2.75, 3.05) is 178 Å². The third kappa shape index (κ3) is 48.6. The van der Waals surface area contributed by atoms with Crippen LogP contribution < -0.4 is 26.6 Å². The summed E-state index contributed by atoms with van der Waals surface area (Å²) in [5.41, 5.74) is -0.775. The fraction of sp³-hybridized carbons (Fsp3) is 0.922. The SMILES string of the molecule is C1CNCCN1.CC.CC.CC.CC.CC.CC(=O)N1CCN(C)CC1.CC(=O)N1CCNCC1.CC(C)(C)OC(=O)N1CCNCC1.CN1CCN(C(=O)OC(C)(C)C)CC1.CN1CCNCC1. The molecule has 0 aromatic heterocycles. The largest absolute Gasteiger partial charge is 0.444 e. The van der Waals surface area contributed by atoms with Crippen molar-refractivity contribution in [3.63, 3.8) is 0 Å². The smallest absolute Gasteiger partial charge is 0.410 e. The predicted octanol–water partition coefficient (Wildman–Crippen LogP) is 5.05. The fourth-order valence-electron chi connectivity index (χ4n) is 5.97. The lowest BCUT2D eigenvalue weighted by Crippen LogP contribution is -2.48. The highest BCUT2D eigenvalue weighted by Crippen LogP contribution is 2.12. The Morgan fingerprint density at radius 3 is 0.739 bits per heavy atom. The van der Waals surface area contributed by atoms with Gasteiger partial charge in [-0.25, -0.2) is 9.59 Å². The van der Waals surface area contributed by atoms with Crippen LogP contribution in [0.5, 0.6) is 0 Å². The maximum atomic E-state index is 11.6. The minimum atomic E-state index is -0.388. The fourth-order valence-corrected chi connectivity index (χ4v) is 5.97. The molecule has 6 aliphatic rings. The summed E-state index contributed by atoms with van der Waals surface area (Å²) >= 11 is 0. The average molecular weight is 994 g/mol. The molecule has 0 unspecified atom stereocenters. The van der Waals surface area contributed by atoms with Gasteiger partial charge in [-0.15, -0.1) is 0 Å². The number of ether oxygens (including phenoxy) is 2. The second kappa shape index (κ2) is 50.1. The van der Waals surface area contributed by atoms with Crippen LogP contribution in [0.4, 0.5) is 9.59 Å². The standard InChI is InChI=1S/C10H20N2O2.C9H18N2O2.C7H14N2O.C6H12N2O.C5H12N2.C4H10N2.5C2H6/c1-10(2,3)14-9(13)12-7-5-11(4)6-8-12;1-9(2,3)13-8(12)11-6-4-10-5-7-11;1-7(10)9-5-3-8(2)4-6-9;1-6(9)8-4-2-7-3-5-8;1-7-4-2-6-3-5-7;1-2-6-4-3-5-1;5*1-2/h5-8H2,1-4H3;10H,4-7H2,1-3H3;3-6H2,1-2H3;7H,2-5H2,1H3;6H,2-5H2,1H3;5-6H,1-4H2;5*1-2H3. The minimum Gasteiger partial charge on any atom is -0.444 e. The zero-order chi connectivity index (χ0) is 54.3. The highest BCUT2D eigenvalue weighted by Gasteiger charge is 2.25. The normalized spacial score (nSPS) is 18.2. The summed E-state index contributed by atoms with van der Waals surface area (Å²) in [5, 5.41) is 16.1. The molecular formula is C51H116N12O6. The van der Waals surface area contributed by atoms with Crippen LogP contribution in [-0.4, -0.2) is 248 Å². The van der Waals surface area contributed by atoms with E-state index in [9.17, 15) is 19.2 Å². The van der Waals surface area contributed by atoms with Gasteiger partial charge in [0.05, 0.1) is 0 Å². The Kier molecular flexibility index (Phi) is 54.5. The van der Waals surface area contributed by atoms with Crippen LogP contribution in [0.25, 0.3) is 0 Å². The van der Waals surface area contributed by atoms with Gasteiger partial charge in [0.1, 0.15) is 11.2 Å². The first-order valence-electron chi connectivity index (χ1n) is 26.8. The highest BCUT2D eigenvalue weighted by atomic mass is 16.6. The van der Waals surface area contributed by atoms with Crippen molar-refractivity contribution in [2.24, 2.45) is 0 Å². The number of likely N-dealkylation sites (N-methyl/N-ethyl adjacent to an activating group) is 3. The molecule has 0 atom stereocenters. The van der Waals surface area contributed by atoms with E-state index in [2.05, 4.69) is 62.4 Å². The Balaban J connectivity index is -0.000000232. The molecule has 0 radical (unpaired) electrons. The maximum Gasteiger partial charge on any atom is 0.410 e. The van der Waals surface area contributed by atoms with Crippen molar-refractivity contribution in [2.45, 2.75) is 136 Å². The topological polar surface area (TPSA) is 170 Å². The average Bonchev–Trinajstić information content (AvgIpc) is 3.36. The molecule has 6 saturated heterocycles. The molecule has 6 aliphatic heterocycles. The first kappa shape index (κ1) is 75.1. The van der Waals surface area contributed by atoms with E-state index in [-0.39, 0.29) is 35.2 Å². The first-order chi connectivity index (χ1) is 32.8. The summed E-state index contributed by atoms with van der Waals surface area (Å²) in [6.07, 6.45) is -0.389. The number of rotatable bonds is 0. The van der Waals surface area contributed by atoms with Crippen molar-refractivity contribution in [1.29, 1.82) is 0 Å². The van der Waals surface area contributed by atoms with E-state index in [1.807, 2.05) is 121 Å². The van der Waals surface area contributed by atoms with Gasteiger partial charge in [0.2, 0.25) is 11.8 Å². The molecular weight excluding hydrogens is 877 g/mol. The van der Waals surface area contributed by atoms with Crippen LogP contribution >= 0.6 is 0 Å². The number of carbonyl (C=O) groups is 4. The van der Waals surface area contributed by atoms with Gasteiger partial charge in [0.25, 0.3) is 0 Å². The molecule has 6 heterocycles. The number of nitrogens with zero attached hydrogens (tertiary/aromatic N) is 7. The Hall–Kier alpha value is -2.84. The van der Waals surface area contributed by atoms with Crippen LogP contribution in [0, 0.1) is 0 Å². The molecule has 0 aliphatic carbocycles. The van der Waals surface area contributed by atoms with E-state index in [1.165, 1.54) is 13.1 Å². The molecule has 0 aromatic rings. The third-order valence-corrected chi connectivity index (χ3v) is 9.73. The Morgan fingerprint density at radius 2 is 0.522 bits per heavy atom. The summed E-state index contributed by atoms with van der Waals surface area (Å²) < 4.78 is 10.5. The summed E-state index contributed by atoms with van der Waals surface area (Å²) in [6, 6.07) is 0. The summed E-state index contributed by atoms with van der Waals surface area (Å²) in [6.45, 7) is 57.9. The van der Waals surface area contributed by atoms with E-state index in [4.69, 9.17) is 9.47 Å². The van der Waals surface area contributed by atoms with E-state index in [0.717, 1.165) is 144 Å². The number of amides is 4. The van der Waals surface area contributed by atoms with E-state index in [0.29, 0.717) is 0 Å². The summed E-state index contributed by atoms with van der Waals surface area (Å²) in [7, 11) is 6.30. The van der Waals surface area contributed by atoms with E-state index in [1.54, 1.807) is 23.6 Å². The molecule has 6 rings (SSSR count). The van der Waals surface area contributed by atoms with Crippen LogP contribution in [0.15, 0.2) is 0 Å². The van der Waals surface area contributed by atoms with Gasteiger partial charge in [0, 0.05) is 171 Å². The van der Waals surface area contributed by atoms with Crippen molar-refractivity contribution < 1.29 is 28.7 Å². The van der Waals surface area contributed by atoms with E-state index < -0.39 is 0 Å². The molecule has 6 fully saturated rings. The molecule has 0 bridgehead atoms. The molecule has 4 amide bonds. The zero-order valence-corrected chi connectivity index (χ0v) is 49.1. The summed E-state index contributed by atoms with van der Waals surface area (Å²) in [5.74, 6) is 0.393. The van der Waals surface area contributed by atoms with Crippen molar-refractivity contribution in [1.82, 2.24) is 60.9 Å². The van der Waals surface area contributed by atoms with Crippen LogP contribution in [0.3, 0.4) is 0 Å². The number of hydrogen-bond acceptors (Lipinski definition) is 14. The Morgan fingerprint density at radius 1 is 0.319 bits per heavy atom. The molecule has 416 valence electrons. The zero-order valence-electron chi connectivity index (χ0n) is 49.1. The predicted molar refractivity (Wildman–Crippen MR) is 294 cm³/mol. The molecule has 69 heavy (non-hydrogen) atoms. The first-order valence-corrected chi connectivity index (χ1v) is 26.8. The number of nitrogens with one attached hydrogen (secondary N) is 5. The number of piperazine rings is 6. The number of hydrogen-bond donors (Lipinski definition) is 5. The summed E-state index contributed by atoms with van der Waals surface area (Å²) in [4.78, 5) is 58.6. The van der Waals surface area contributed by atoms with Crippen molar-refractivity contribution >= 4 is 24.0 Å². The Bertz CT molecular complexity index is 1130. The van der Waals surface area contributed by atoms with Gasteiger partial charge >= 0.3 is 12.2 Å². The molecule has 18 nitrogen and oxygen atoms in total. The molecule has 18 heteroatoms. The van der Waals surface area contributed by atoms with Gasteiger partial charge in [0.15, 0.2) is 0 Å². The second-order valence-electron chi connectivity index (χ2n) is 17.6.